The normalized spacial score (nSPS) is 53.5. The van der Waals surface area contributed by atoms with E-state index in [1.54, 1.807) is 0 Å². The number of aliphatic hydroxyl groups excluding tert-OH is 7. The molecule has 2 rings (SSSR count). The van der Waals surface area contributed by atoms with Crippen molar-refractivity contribution < 1.29 is 50.0 Å². The Hall–Kier alpha value is -0.400. The highest BCUT2D eigenvalue weighted by molar-refractivity contribution is 4.92. The molecule has 10 nitrogen and oxygen atoms in total. The smallest absolute Gasteiger partial charge is 0.187 e. The Kier molecular flexibility index (Phi) is 5.72. The van der Waals surface area contributed by atoms with Crippen molar-refractivity contribution in [3.63, 3.8) is 0 Å². The summed E-state index contributed by atoms with van der Waals surface area (Å²) < 4.78 is 15.3. The minimum Gasteiger partial charge on any atom is -0.394 e. The molecule has 2 fully saturated rings. The van der Waals surface area contributed by atoms with Gasteiger partial charge in [0, 0.05) is 0 Å². The summed E-state index contributed by atoms with van der Waals surface area (Å²) in [6.45, 7) is 0.823. The Labute approximate surface area is 126 Å². The van der Waals surface area contributed by atoms with Crippen LogP contribution in [-0.4, -0.2) is 104 Å². The first-order valence-corrected chi connectivity index (χ1v) is 6.93. The van der Waals surface area contributed by atoms with E-state index in [1.165, 1.54) is 6.92 Å². The highest BCUT2D eigenvalue weighted by Crippen LogP contribution is 2.28. The maximum Gasteiger partial charge on any atom is 0.187 e. The van der Waals surface area contributed by atoms with Crippen LogP contribution in [-0.2, 0) is 14.2 Å². The lowest BCUT2D eigenvalue weighted by Gasteiger charge is -2.44. The fraction of sp³-hybridized carbons (Fsp3) is 1.00. The zero-order valence-electron chi connectivity index (χ0n) is 11.8. The highest BCUT2D eigenvalue weighted by Gasteiger charge is 2.49. The number of rotatable bonds is 3. The van der Waals surface area contributed by atoms with Crippen LogP contribution in [0.1, 0.15) is 6.92 Å². The molecule has 10 heteroatoms. The second-order valence-corrected chi connectivity index (χ2v) is 5.51. The van der Waals surface area contributed by atoms with Gasteiger partial charge < -0.3 is 50.0 Å². The topological polar surface area (TPSA) is 169 Å². The molecule has 2 aliphatic rings. The third-order valence-corrected chi connectivity index (χ3v) is 3.94. The van der Waals surface area contributed by atoms with Gasteiger partial charge in [-0.3, -0.25) is 0 Å². The summed E-state index contributed by atoms with van der Waals surface area (Å²) in [6, 6.07) is 0. The van der Waals surface area contributed by atoms with Gasteiger partial charge in [0.25, 0.3) is 0 Å². The largest absolute Gasteiger partial charge is 0.394 e. The van der Waals surface area contributed by atoms with Crippen molar-refractivity contribution in [2.24, 2.45) is 0 Å². The lowest BCUT2D eigenvalue weighted by molar-refractivity contribution is -0.358. The fourth-order valence-corrected chi connectivity index (χ4v) is 2.50. The van der Waals surface area contributed by atoms with Gasteiger partial charge in [0.05, 0.1) is 12.7 Å². The number of ether oxygens (including phenoxy) is 3. The zero-order chi connectivity index (χ0) is 16.6. The Morgan fingerprint density at radius 3 is 2.05 bits per heavy atom. The summed E-state index contributed by atoms with van der Waals surface area (Å²) in [5, 5.41) is 67.5. The summed E-state index contributed by atoms with van der Waals surface area (Å²) in [4.78, 5) is 0. The molecular formula is C12H22O10. The maximum absolute atomic E-state index is 9.93. The first-order chi connectivity index (χ1) is 10.3. The van der Waals surface area contributed by atoms with Crippen LogP contribution in [0.2, 0.25) is 0 Å². The third kappa shape index (κ3) is 3.26. The number of hydrogen-bond acceptors (Lipinski definition) is 10. The van der Waals surface area contributed by atoms with Gasteiger partial charge in [0.15, 0.2) is 12.6 Å². The van der Waals surface area contributed by atoms with Gasteiger partial charge >= 0.3 is 0 Å². The molecule has 2 aliphatic heterocycles. The van der Waals surface area contributed by atoms with Gasteiger partial charge in [0.1, 0.15) is 42.7 Å². The van der Waals surface area contributed by atoms with E-state index in [4.69, 9.17) is 19.3 Å². The number of aliphatic hydroxyl groups is 7. The van der Waals surface area contributed by atoms with E-state index in [-0.39, 0.29) is 0 Å². The van der Waals surface area contributed by atoms with Crippen molar-refractivity contribution >= 4 is 0 Å². The molecule has 0 radical (unpaired) electrons. The van der Waals surface area contributed by atoms with Gasteiger partial charge in [-0.2, -0.15) is 0 Å². The SMILES string of the molecule is C[C@@H]1OC(OC2C(O)OC(CO)[C@@H](O)[C@@H]2O)[C@H](O)C(O)[C@@H]1O. The van der Waals surface area contributed by atoms with Crippen LogP contribution in [0, 0.1) is 0 Å². The molecule has 2 saturated heterocycles. The lowest BCUT2D eigenvalue weighted by atomic mass is 9.97. The molecule has 2 heterocycles. The van der Waals surface area contributed by atoms with Crippen LogP contribution in [0.3, 0.4) is 0 Å². The van der Waals surface area contributed by atoms with Gasteiger partial charge in [-0.25, -0.2) is 0 Å². The first-order valence-electron chi connectivity index (χ1n) is 6.93. The summed E-state index contributed by atoms with van der Waals surface area (Å²) in [7, 11) is 0. The van der Waals surface area contributed by atoms with E-state index < -0.39 is 68.0 Å². The van der Waals surface area contributed by atoms with Crippen molar-refractivity contribution in [2.45, 2.75) is 68.3 Å². The predicted molar refractivity (Wildman–Crippen MR) is 67.2 cm³/mol. The maximum atomic E-state index is 9.93. The molecular weight excluding hydrogens is 304 g/mol. The summed E-state index contributed by atoms with van der Waals surface area (Å²) in [6.07, 6.45) is -14.3. The van der Waals surface area contributed by atoms with Crippen LogP contribution in [0.4, 0.5) is 0 Å². The fourth-order valence-electron chi connectivity index (χ4n) is 2.50. The molecule has 0 spiro atoms. The van der Waals surface area contributed by atoms with E-state index in [0.717, 1.165) is 0 Å². The van der Waals surface area contributed by atoms with Gasteiger partial charge in [-0.15, -0.1) is 0 Å². The minimum atomic E-state index is -1.69. The Morgan fingerprint density at radius 2 is 1.45 bits per heavy atom. The molecule has 10 atom stereocenters. The molecule has 0 aromatic heterocycles. The predicted octanol–water partition coefficient (Wildman–Crippen LogP) is -4.37. The third-order valence-electron chi connectivity index (χ3n) is 3.94. The van der Waals surface area contributed by atoms with E-state index >= 15 is 0 Å². The molecule has 0 aromatic carbocycles. The van der Waals surface area contributed by atoms with Crippen LogP contribution in [0.15, 0.2) is 0 Å². The zero-order valence-corrected chi connectivity index (χ0v) is 11.8. The van der Waals surface area contributed by atoms with Gasteiger partial charge in [-0.1, -0.05) is 0 Å². The van der Waals surface area contributed by atoms with Crippen LogP contribution >= 0.6 is 0 Å². The highest BCUT2D eigenvalue weighted by atomic mass is 16.7. The molecule has 5 unspecified atom stereocenters. The Balaban J connectivity index is 2.06. The molecule has 0 aliphatic carbocycles. The Bertz CT molecular complexity index is 368. The molecule has 0 saturated carbocycles. The van der Waals surface area contributed by atoms with Crippen molar-refractivity contribution in [1.29, 1.82) is 0 Å². The Morgan fingerprint density at radius 1 is 0.818 bits per heavy atom. The second kappa shape index (κ2) is 7.01. The summed E-state index contributed by atoms with van der Waals surface area (Å²) in [5.41, 5.74) is 0. The quantitative estimate of drug-likeness (QED) is 0.269. The molecule has 22 heavy (non-hydrogen) atoms. The van der Waals surface area contributed by atoms with Crippen molar-refractivity contribution in [3.8, 4) is 0 Å². The van der Waals surface area contributed by atoms with Crippen LogP contribution < -0.4 is 0 Å². The average molecular weight is 326 g/mol. The number of hydrogen-bond donors (Lipinski definition) is 7. The molecule has 7 N–H and O–H groups in total. The lowest BCUT2D eigenvalue weighted by Crippen LogP contribution is -2.63. The van der Waals surface area contributed by atoms with Crippen molar-refractivity contribution in [3.05, 3.63) is 0 Å². The average Bonchev–Trinajstić information content (AvgIpc) is 2.49. The molecule has 130 valence electrons. The van der Waals surface area contributed by atoms with E-state index in [2.05, 4.69) is 0 Å². The monoisotopic (exact) mass is 326 g/mol. The van der Waals surface area contributed by atoms with E-state index in [9.17, 15) is 30.6 Å². The standard InChI is InChI=1S/C12H22O10/c1-3-5(14)7(16)9(18)12(20-3)22-10-8(17)6(15)4(2-13)21-11(10)19/h3-19H,2H2,1H3/t3-,4?,5+,6+,7?,8-,9+,10?,11?,12?/m0/s1. The minimum absolute atomic E-state index is 0.619. The van der Waals surface area contributed by atoms with Gasteiger partial charge in [0.2, 0.25) is 0 Å². The first kappa shape index (κ1) is 17.9. The second-order valence-electron chi connectivity index (χ2n) is 5.51. The molecule has 0 aromatic rings. The van der Waals surface area contributed by atoms with Crippen LogP contribution in [0.25, 0.3) is 0 Å². The molecule has 0 amide bonds. The van der Waals surface area contributed by atoms with Crippen LogP contribution in [0.5, 0.6) is 0 Å². The molecule has 0 bridgehead atoms. The summed E-state index contributed by atoms with van der Waals surface area (Å²) in [5.74, 6) is 0. The summed E-state index contributed by atoms with van der Waals surface area (Å²) >= 11 is 0. The van der Waals surface area contributed by atoms with Gasteiger partial charge in [-0.05, 0) is 6.92 Å². The van der Waals surface area contributed by atoms with E-state index in [1.807, 2.05) is 0 Å². The van der Waals surface area contributed by atoms with Crippen molar-refractivity contribution in [2.75, 3.05) is 6.61 Å². The van der Waals surface area contributed by atoms with Crippen molar-refractivity contribution in [1.82, 2.24) is 0 Å². The van der Waals surface area contributed by atoms with E-state index in [0.29, 0.717) is 0 Å².